The fourth-order valence-corrected chi connectivity index (χ4v) is 2.44. The molecule has 1 N–H and O–H groups in total. The third-order valence-corrected chi connectivity index (χ3v) is 3.56. The maximum absolute atomic E-state index is 13.9. The van der Waals surface area contributed by atoms with E-state index in [9.17, 15) is 4.39 Å². The van der Waals surface area contributed by atoms with Crippen LogP contribution in [0, 0.1) is 5.82 Å². The second-order valence-corrected chi connectivity index (χ2v) is 5.58. The highest BCUT2D eigenvalue weighted by Gasteiger charge is 2.15. The Morgan fingerprint density at radius 3 is 2.67 bits per heavy atom. The van der Waals surface area contributed by atoms with E-state index in [0.29, 0.717) is 0 Å². The maximum atomic E-state index is 13.9. The van der Waals surface area contributed by atoms with Crippen molar-refractivity contribution in [3.05, 3.63) is 34.1 Å². The fourth-order valence-electron chi connectivity index (χ4n) is 2.07. The van der Waals surface area contributed by atoms with Gasteiger partial charge in [0, 0.05) is 16.1 Å². The first-order chi connectivity index (χ1) is 8.69. The molecule has 0 saturated carbocycles. The van der Waals surface area contributed by atoms with E-state index in [1.807, 2.05) is 6.07 Å². The summed E-state index contributed by atoms with van der Waals surface area (Å²) in [6, 6.07) is 5.32. The molecule has 1 unspecified atom stereocenters. The minimum Gasteiger partial charge on any atom is -0.310 e. The summed E-state index contributed by atoms with van der Waals surface area (Å²) in [5.74, 6) is -0.108. The molecule has 3 heteroatoms. The largest absolute Gasteiger partial charge is 0.310 e. The van der Waals surface area contributed by atoms with Crippen molar-refractivity contribution in [2.45, 2.75) is 52.0 Å². The Labute approximate surface area is 118 Å². The van der Waals surface area contributed by atoms with E-state index in [1.165, 1.54) is 12.8 Å². The van der Waals surface area contributed by atoms with E-state index in [-0.39, 0.29) is 11.9 Å². The van der Waals surface area contributed by atoms with Gasteiger partial charge >= 0.3 is 0 Å². The zero-order valence-corrected chi connectivity index (χ0v) is 12.9. The highest BCUT2D eigenvalue weighted by atomic mass is 79.9. The Morgan fingerprint density at radius 1 is 1.22 bits per heavy atom. The molecule has 1 atom stereocenters. The molecule has 0 aromatic heterocycles. The zero-order chi connectivity index (χ0) is 13.4. The van der Waals surface area contributed by atoms with Crippen LogP contribution in [0.3, 0.4) is 0 Å². The number of unbranched alkanes of at least 4 members (excludes halogenated alkanes) is 2. The Balaban J connectivity index is 2.75. The summed E-state index contributed by atoms with van der Waals surface area (Å²) in [6.45, 7) is 5.25. The molecule has 0 aliphatic heterocycles. The van der Waals surface area contributed by atoms with E-state index in [1.54, 1.807) is 12.1 Å². The van der Waals surface area contributed by atoms with Crippen LogP contribution in [0.5, 0.6) is 0 Å². The van der Waals surface area contributed by atoms with Gasteiger partial charge in [-0.15, -0.1) is 0 Å². The SMILES string of the molecule is CCCCCC(NCCC)c1cc(Br)ccc1F. The highest BCUT2D eigenvalue weighted by Crippen LogP contribution is 2.25. The van der Waals surface area contributed by atoms with E-state index in [0.717, 1.165) is 35.8 Å². The Bertz CT molecular complexity index is 354. The number of halogens is 2. The van der Waals surface area contributed by atoms with E-state index in [4.69, 9.17) is 0 Å². The molecule has 1 nitrogen and oxygen atoms in total. The predicted octanol–water partition coefficient (Wildman–Crippen LogP) is 5.21. The molecule has 102 valence electrons. The number of rotatable bonds is 8. The van der Waals surface area contributed by atoms with Gasteiger partial charge in [0.15, 0.2) is 0 Å². The molecule has 0 aliphatic rings. The van der Waals surface area contributed by atoms with Crippen molar-refractivity contribution in [3.63, 3.8) is 0 Å². The molecule has 18 heavy (non-hydrogen) atoms. The minimum atomic E-state index is -0.108. The molecule has 0 spiro atoms. The molecule has 1 aromatic rings. The van der Waals surface area contributed by atoms with Gasteiger partial charge < -0.3 is 5.32 Å². The lowest BCUT2D eigenvalue weighted by Gasteiger charge is -2.20. The third kappa shape index (κ3) is 5.07. The molecular weight excluding hydrogens is 293 g/mol. The quantitative estimate of drug-likeness (QED) is 0.649. The third-order valence-electron chi connectivity index (χ3n) is 3.07. The second kappa shape index (κ2) is 8.65. The minimum absolute atomic E-state index is 0.108. The number of hydrogen-bond acceptors (Lipinski definition) is 1. The van der Waals surface area contributed by atoms with Crippen molar-refractivity contribution in [1.29, 1.82) is 0 Å². The van der Waals surface area contributed by atoms with Crippen LogP contribution in [-0.4, -0.2) is 6.54 Å². The summed E-state index contributed by atoms with van der Waals surface area (Å²) in [7, 11) is 0. The van der Waals surface area contributed by atoms with Gasteiger partial charge in [-0.2, -0.15) is 0 Å². The molecule has 0 saturated heterocycles. The van der Waals surface area contributed by atoms with Gasteiger partial charge in [0.25, 0.3) is 0 Å². The van der Waals surface area contributed by atoms with Gasteiger partial charge in [-0.25, -0.2) is 4.39 Å². The first kappa shape index (κ1) is 15.6. The average molecular weight is 316 g/mol. The standard InChI is InChI=1S/C15H23BrFN/c1-3-5-6-7-15(18-10-4-2)13-11-12(16)8-9-14(13)17/h8-9,11,15,18H,3-7,10H2,1-2H3. The van der Waals surface area contributed by atoms with Crippen LogP contribution in [0.2, 0.25) is 0 Å². The Morgan fingerprint density at radius 2 is 2.00 bits per heavy atom. The van der Waals surface area contributed by atoms with Crippen molar-refractivity contribution in [2.24, 2.45) is 0 Å². The van der Waals surface area contributed by atoms with Gasteiger partial charge in [-0.05, 0) is 37.6 Å². The van der Waals surface area contributed by atoms with Crippen LogP contribution < -0.4 is 5.32 Å². The van der Waals surface area contributed by atoms with Crippen LogP contribution in [0.25, 0.3) is 0 Å². The Kier molecular flexibility index (Phi) is 7.52. The fraction of sp³-hybridized carbons (Fsp3) is 0.600. The first-order valence-electron chi connectivity index (χ1n) is 6.87. The number of benzene rings is 1. The highest BCUT2D eigenvalue weighted by molar-refractivity contribution is 9.10. The molecule has 0 amide bonds. The topological polar surface area (TPSA) is 12.0 Å². The van der Waals surface area contributed by atoms with Gasteiger partial charge in [-0.1, -0.05) is 49.0 Å². The maximum Gasteiger partial charge on any atom is 0.128 e. The second-order valence-electron chi connectivity index (χ2n) is 4.67. The van der Waals surface area contributed by atoms with Crippen LogP contribution in [-0.2, 0) is 0 Å². The first-order valence-corrected chi connectivity index (χ1v) is 7.66. The van der Waals surface area contributed by atoms with Crippen molar-refractivity contribution in [2.75, 3.05) is 6.54 Å². The van der Waals surface area contributed by atoms with Gasteiger partial charge in [0.05, 0.1) is 0 Å². The van der Waals surface area contributed by atoms with Crippen LogP contribution in [0.1, 0.15) is 57.6 Å². The number of nitrogens with one attached hydrogen (secondary N) is 1. The lowest BCUT2D eigenvalue weighted by atomic mass is 10.00. The summed E-state index contributed by atoms with van der Waals surface area (Å²) in [5, 5.41) is 3.45. The zero-order valence-electron chi connectivity index (χ0n) is 11.3. The van der Waals surface area contributed by atoms with Gasteiger partial charge in [0.2, 0.25) is 0 Å². The summed E-state index contributed by atoms with van der Waals surface area (Å²) < 4.78 is 14.8. The summed E-state index contributed by atoms with van der Waals surface area (Å²) in [5.41, 5.74) is 0.786. The van der Waals surface area contributed by atoms with Crippen molar-refractivity contribution < 1.29 is 4.39 Å². The predicted molar refractivity (Wildman–Crippen MR) is 79.3 cm³/mol. The van der Waals surface area contributed by atoms with Crippen LogP contribution >= 0.6 is 15.9 Å². The average Bonchev–Trinajstić information content (AvgIpc) is 2.37. The molecule has 0 fully saturated rings. The van der Waals surface area contributed by atoms with E-state index >= 15 is 0 Å². The van der Waals surface area contributed by atoms with Crippen molar-refractivity contribution in [3.8, 4) is 0 Å². The molecule has 0 radical (unpaired) electrons. The molecule has 0 aliphatic carbocycles. The van der Waals surface area contributed by atoms with E-state index < -0.39 is 0 Å². The summed E-state index contributed by atoms with van der Waals surface area (Å²) in [4.78, 5) is 0. The summed E-state index contributed by atoms with van der Waals surface area (Å²) in [6.07, 6.45) is 5.62. The van der Waals surface area contributed by atoms with Crippen LogP contribution in [0.4, 0.5) is 4.39 Å². The van der Waals surface area contributed by atoms with Crippen LogP contribution in [0.15, 0.2) is 22.7 Å². The van der Waals surface area contributed by atoms with Crippen molar-refractivity contribution >= 4 is 15.9 Å². The lowest BCUT2D eigenvalue weighted by molar-refractivity contribution is 0.454. The normalized spacial score (nSPS) is 12.7. The van der Waals surface area contributed by atoms with Gasteiger partial charge in [0.1, 0.15) is 5.82 Å². The summed E-state index contributed by atoms with van der Waals surface area (Å²) >= 11 is 3.42. The monoisotopic (exact) mass is 315 g/mol. The molecule has 1 aromatic carbocycles. The smallest absolute Gasteiger partial charge is 0.128 e. The van der Waals surface area contributed by atoms with E-state index in [2.05, 4.69) is 35.1 Å². The molecule has 0 heterocycles. The Hall–Kier alpha value is -0.410. The number of hydrogen-bond donors (Lipinski definition) is 1. The molecular formula is C15H23BrFN. The van der Waals surface area contributed by atoms with Gasteiger partial charge in [-0.3, -0.25) is 0 Å². The van der Waals surface area contributed by atoms with Crippen molar-refractivity contribution in [1.82, 2.24) is 5.32 Å². The lowest BCUT2D eigenvalue weighted by Crippen LogP contribution is -2.23. The molecule has 1 rings (SSSR count). The molecule has 0 bridgehead atoms.